The van der Waals surface area contributed by atoms with Crippen molar-refractivity contribution in [2.45, 2.75) is 59.7 Å². The summed E-state index contributed by atoms with van der Waals surface area (Å²) >= 11 is 1.36. The molecule has 7 nitrogen and oxygen atoms in total. The number of hydrogen-bond donors (Lipinski definition) is 1. The smallest absolute Gasteiger partial charge is 0.360 e. The summed E-state index contributed by atoms with van der Waals surface area (Å²) in [5.74, 6) is -1.91. The molecule has 0 aliphatic rings. The highest BCUT2D eigenvalue weighted by molar-refractivity contribution is 7.11. The molecule has 0 saturated heterocycles. The van der Waals surface area contributed by atoms with E-state index in [0.717, 1.165) is 5.01 Å². The van der Waals surface area contributed by atoms with E-state index < -0.39 is 23.1 Å². The molecule has 0 amide bonds. The Morgan fingerprint density at radius 3 is 2.13 bits per heavy atom. The van der Waals surface area contributed by atoms with Crippen LogP contribution < -0.4 is 0 Å². The molecule has 0 aliphatic heterocycles. The van der Waals surface area contributed by atoms with E-state index in [0.29, 0.717) is 4.88 Å². The van der Waals surface area contributed by atoms with Crippen LogP contribution >= 0.6 is 11.3 Å². The highest BCUT2D eigenvalue weighted by Gasteiger charge is 2.36. The van der Waals surface area contributed by atoms with Crippen LogP contribution in [0.1, 0.15) is 50.2 Å². The van der Waals surface area contributed by atoms with Crippen molar-refractivity contribution < 1.29 is 24.3 Å². The first-order valence-corrected chi connectivity index (χ1v) is 7.82. The fourth-order valence-corrected chi connectivity index (χ4v) is 2.35. The van der Waals surface area contributed by atoms with Crippen LogP contribution in [0.4, 0.5) is 0 Å². The van der Waals surface area contributed by atoms with Crippen molar-refractivity contribution in [3.63, 3.8) is 0 Å². The maximum atomic E-state index is 12.1. The number of hydrogen-bond acceptors (Lipinski definition) is 7. The lowest BCUT2D eigenvalue weighted by Gasteiger charge is -2.26. The van der Waals surface area contributed by atoms with Crippen molar-refractivity contribution in [1.29, 1.82) is 0 Å². The third-order valence-corrected chi connectivity index (χ3v) is 3.47. The van der Waals surface area contributed by atoms with E-state index in [1.807, 2.05) is 0 Å². The summed E-state index contributed by atoms with van der Waals surface area (Å²) in [7, 11) is 0. The van der Waals surface area contributed by atoms with Gasteiger partial charge in [0.25, 0.3) is 0 Å². The standard InChI is InChI=1S/C15H22N2O5S/c1-8-10(16-9(2)23-8)11(12(18)19)17-22-15(6,7)13(20)21-14(3,4)5/h1-7H3,(H,18,19)/b17-11-. The lowest BCUT2D eigenvalue weighted by Crippen LogP contribution is -2.40. The van der Waals surface area contributed by atoms with Gasteiger partial charge in [0.1, 0.15) is 11.3 Å². The van der Waals surface area contributed by atoms with Crippen LogP contribution in [0.2, 0.25) is 0 Å². The minimum absolute atomic E-state index is 0.236. The Kier molecular flexibility index (Phi) is 5.52. The number of aryl methyl sites for hydroxylation is 2. The highest BCUT2D eigenvalue weighted by atomic mass is 32.1. The molecule has 0 unspecified atom stereocenters. The SMILES string of the molecule is Cc1nc(/C(=N/OC(C)(C)C(=O)OC(C)(C)C)C(=O)O)c(C)s1. The molecule has 1 N–H and O–H groups in total. The van der Waals surface area contributed by atoms with Crippen molar-refractivity contribution >= 4 is 29.0 Å². The Balaban J connectivity index is 3.04. The molecule has 0 radical (unpaired) electrons. The number of rotatable bonds is 5. The van der Waals surface area contributed by atoms with E-state index in [2.05, 4.69) is 10.1 Å². The third kappa shape index (κ3) is 5.31. The molecule has 1 aromatic rings. The molecule has 1 aromatic heterocycles. The Morgan fingerprint density at radius 1 is 1.17 bits per heavy atom. The maximum Gasteiger partial charge on any atom is 0.360 e. The number of aliphatic carboxylic acids is 1. The van der Waals surface area contributed by atoms with Crippen molar-refractivity contribution in [2.24, 2.45) is 5.16 Å². The number of ether oxygens (including phenoxy) is 1. The zero-order valence-electron chi connectivity index (χ0n) is 14.4. The predicted molar refractivity (Wildman–Crippen MR) is 86.8 cm³/mol. The van der Waals surface area contributed by atoms with Gasteiger partial charge in [0.05, 0.1) is 5.01 Å². The molecule has 8 heteroatoms. The number of carboxylic acids is 1. The van der Waals surface area contributed by atoms with Gasteiger partial charge in [-0.15, -0.1) is 11.3 Å². The number of thiazole rings is 1. The molecule has 0 aliphatic carbocycles. The quantitative estimate of drug-likeness (QED) is 0.502. The lowest BCUT2D eigenvalue weighted by molar-refractivity contribution is -0.179. The second-order valence-corrected chi connectivity index (χ2v) is 7.89. The van der Waals surface area contributed by atoms with Gasteiger partial charge in [-0.3, -0.25) is 0 Å². The van der Waals surface area contributed by atoms with E-state index in [-0.39, 0.29) is 11.4 Å². The fourth-order valence-electron chi connectivity index (χ4n) is 1.53. The van der Waals surface area contributed by atoms with Gasteiger partial charge in [0, 0.05) is 4.88 Å². The second-order valence-electron chi connectivity index (χ2n) is 6.49. The summed E-state index contributed by atoms with van der Waals surface area (Å²) < 4.78 is 5.23. The molecule has 0 spiro atoms. The van der Waals surface area contributed by atoms with Gasteiger partial charge in [-0.05, 0) is 48.5 Å². The molecule has 0 bridgehead atoms. The summed E-state index contributed by atoms with van der Waals surface area (Å²) in [6.07, 6.45) is 0. The Hall–Kier alpha value is -1.96. The number of carbonyl (C=O) groups excluding carboxylic acids is 1. The zero-order valence-corrected chi connectivity index (χ0v) is 15.2. The molecular weight excluding hydrogens is 320 g/mol. The van der Waals surface area contributed by atoms with Gasteiger partial charge in [-0.2, -0.15) is 0 Å². The summed E-state index contributed by atoms with van der Waals surface area (Å²) in [5.41, 5.74) is -2.21. The minimum Gasteiger partial charge on any atom is -0.476 e. The summed E-state index contributed by atoms with van der Waals surface area (Å²) in [4.78, 5) is 33.5. The largest absolute Gasteiger partial charge is 0.476 e. The summed E-state index contributed by atoms with van der Waals surface area (Å²) in [6.45, 7) is 11.6. The van der Waals surface area contributed by atoms with Crippen molar-refractivity contribution in [2.75, 3.05) is 0 Å². The van der Waals surface area contributed by atoms with Crippen molar-refractivity contribution in [3.05, 3.63) is 15.6 Å². The molecule has 0 aromatic carbocycles. The average Bonchev–Trinajstić information content (AvgIpc) is 2.66. The van der Waals surface area contributed by atoms with Crippen LogP contribution in [-0.2, 0) is 19.2 Å². The number of carbonyl (C=O) groups is 2. The number of nitrogens with zero attached hydrogens (tertiary/aromatic N) is 2. The van der Waals surface area contributed by atoms with E-state index in [1.165, 1.54) is 25.2 Å². The molecule has 1 rings (SSSR count). The summed E-state index contributed by atoms with van der Waals surface area (Å²) in [5, 5.41) is 13.7. The maximum absolute atomic E-state index is 12.1. The fraction of sp³-hybridized carbons (Fsp3) is 0.600. The van der Waals surface area contributed by atoms with E-state index >= 15 is 0 Å². The van der Waals surface area contributed by atoms with Gasteiger partial charge in [0.15, 0.2) is 0 Å². The van der Waals surface area contributed by atoms with E-state index in [4.69, 9.17) is 9.57 Å². The first-order chi connectivity index (χ1) is 10.3. The number of carboxylic acid groups (broad SMARTS) is 1. The Labute approximate surface area is 139 Å². The van der Waals surface area contributed by atoms with E-state index in [1.54, 1.807) is 34.6 Å². The third-order valence-electron chi connectivity index (χ3n) is 2.59. The molecule has 0 fully saturated rings. The Morgan fingerprint density at radius 2 is 1.74 bits per heavy atom. The average molecular weight is 342 g/mol. The number of aromatic nitrogens is 1. The van der Waals surface area contributed by atoms with Gasteiger partial charge in [-0.1, -0.05) is 5.16 Å². The topological polar surface area (TPSA) is 98.1 Å². The van der Waals surface area contributed by atoms with Crippen LogP contribution in [0.15, 0.2) is 5.16 Å². The van der Waals surface area contributed by atoms with Crippen LogP contribution in [0, 0.1) is 13.8 Å². The lowest BCUT2D eigenvalue weighted by atomic mass is 10.1. The van der Waals surface area contributed by atoms with Gasteiger partial charge < -0.3 is 14.7 Å². The van der Waals surface area contributed by atoms with Crippen molar-refractivity contribution in [3.8, 4) is 0 Å². The molecule has 128 valence electrons. The van der Waals surface area contributed by atoms with Crippen LogP contribution in [0.25, 0.3) is 0 Å². The molecule has 0 atom stereocenters. The molecular formula is C15H22N2O5S. The first kappa shape index (κ1) is 19.1. The van der Waals surface area contributed by atoms with Gasteiger partial charge >= 0.3 is 11.9 Å². The highest BCUT2D eigenvalue weighted by Crippen LogP contribution is 2.20. The van der Waals surface area contributed by atoms with Crippen LogP contribution in [0.5, 0.6) is 0 Å². The van der Waals surface area contributed by atoms with E-state index in [9.17, 15) is 14.7 Å². The summed E-state index contributed by atoms with van der Waals surface area (Å²) in [6, 6.07) is 0. The monoisotopic (exact) mass is 342 g/mol. The van der Waals surface area contributed by atoms with Gasteiger partial charge in [0.2, 0.25) is 11.3 Å². The van der Waals surface area contributed by atoms with Gasteiger partial charge in [-0.25, -0.2) is 14.6 Å². The van der Waals surface area contributed by atoms with Crippen LogP contribution in [-0.4, -0.2) is 38.9 Å². The minimum atomic E-state index is -1.42. The van der Waals surface area contributed by atoms with Crippen molar-refractivity contribution in [1.82, 2.24) is 4.98 Å². The molecule has 23 heavy (non-hydrogen) atoms. The normalized spacial score (nSPS) is 12.9. The first-order valence-electron chi connectivity index (χ1n) is 7.01. The molecule has 1 heterocycles. The van der Waals surface area contributed by atoms with Crippen LogP contribution in [0.3, 0.4) is 0 Å². The zero-order chi connectivity index (χ0) is 18.0. The number of oxime groups is 1. The molecule has 0 saturated carbocycles. The second kappa shape index (κ2) is 6.66. The number of esters is 1. The predicted octanol–water partition coefficient (Wildman–Crippen LogP) is 2.69. The Bertz CT molecular complexity index is 641.